The number of methoxy groups -OCH3 is 1. The molecule has 2 aromatic rings. The van der Waals surface area contributed by atoms with Crippen LogP contribution in [0.1, 0.15) is 24.8 Å². The van der Waals surface area contributed by atoms with Gasteiger partial charge in [-0.1, -0.05) is 18.6 Å². The predicted octanol–water partition coefficient (Wildman–Crippen LogP) is 1.48. The van der Waals surface area contributed by atoms with E-state index in [0.717, 1.165) is 24.8 Å². The first-order valence-electron chi connectivity index (χ1n) is 11.3. The summed E-state index contributed by atoms with van der Waals surface area (Å²) in [5, 5.41) is 2.71. The number of ether oxygens (including phenoxy) is 2. The van der Waals surface area contributed by atoms with Crippen molar-refractivity contribution in [3.63, 3.8) is 0 Å². The monoisotopic (exact) mass is 525 g/mol. The van der Waals surface area contributed by atoms with Crippen molar-refractivity contribution in [1.82, 2.24) is 14.3 Å². The van der Waals surface area contributed by atoms with Gasteiger partial charge < -0.3 is 14.8 Å². The van der Waals surface area contributed by atoms with E-state index < -0.39 is 20.0 Å². The molecule has 1 heterocycles. The number of nitrogens with one attached hydrogen (secondary N) is 2. The summed E-state index contributed by atoms with van der Waals surface area (Å²) in [6, 6.07) is 12.2. The van der Waals surface area contributed by atoms with E-state index in [0.29, 0.717) is 18.8 Å². The molecule has 0 unspecified atom stereocenters. The van der Waals surface area contributed by atoms with Crippen LogP contribution in [0, 0.1) is 0 Å². The van der Waals surface area contributed by atoms with Gasteiger partial charge in [-0.15, -0.1) is 0 Å². The van der Waals surface area contributed by atoms with Crippen molar-refractivity contribution in [1.29, 1.82) is 0 Å². The van der Waals surface area contributed by atoms with Gasteiger partial charge >= 0.3 is 0 Å². The van der Waals surface area contributed by atoms with Crippen molar-refractivity contribution < 1.29 is 31.1 Å². The smallest absolute Gasteiger partial charge is 0.258 e. The number of hydrogen-bond acceptors (Lipinski definition) is 7. The van der Waals surface area contributed by atoms with Crippen molar-refractivity contribution in [3.05, 3.63) is 54.1 Å². The lowest BCUT2D eigenvalue weighted by atomic mass is 10.2. The molecule has 1 aliphatic rings. The number of amides is 1. The van der Waals surface area contributed by atoms with Gasteiger partial charge in [0.05, 0.1) is 16.4 Å². The van der Waals surface area contributed by atoms with Crippen molar-refractivity contribution >= 4 is 26.0 Å². The molecule has 192 valence electrons. The van der Waals surface area contributed by atoms with Crippen LogP contribution in [0.3, 0.4) is 0 Å². The van der Waals surface area contributed by atoms with Gasteiger partial charge in [0.25, 0.3) is 5.91 Å². The van der Waals surface area contributed by atoms with Gasteiger partial charge in [0.15, 0.2) is 6.61 Å². The predicted molar refractivity (Wildman–Crippen MR) is 130 cm³/mol. The topological polar surface area (TPSA) is 131 Å². The second kappa shape index (κ2) is 12.5. The first-order chi connectivity index (χ1) is 16.7. The summed E-state index contributed by atoms with van der Waals surface area (Å²) >= 11 is 0. The van der Waals surface area contributed by atoms with Crippen LogP contribution >= 0.6 is 0 Å². The summed E-state index contributed by atoms with van der Waals surface area (Å²) in [5.74, 6) is -0.0174. The van der Waals surface area contributed by atoms with Crippen LogP contribution < -0.4 is 14.8 Å². The molecule has 1 saturated heterocycles. The fourth-order valence-electron chi connectivity index (χ4n) is 3.51. The van der Waals surface area contributed by atoms with E-state index in [2.05, 4.69) is 10.0 Å². The fraction of sp³-hybridized carbons (Fsp3) is 0.435. The minimum Gasteiger partial charge on any atom is -0.484 e. The third kappa shape index (κ3) is 7.74. The largest absolute Gasteiger partial charge is 0.484 e. The second-order valence-electron chi connectivity index (χ2n) is 8.04. The molecule has 0 aliphatic carbocycles. The third-order valence-corrected chi connectivity index (χ3v) is 8.86. The molecule has 0 aromatic heterocycles. The van der Waals surface area contributed by atoms with E-state index >= 15 is 0 Å². The Morgan fingerprint density at radius 2 is 1.54 bits per heavy atom. The summed E-state index contributed by atoms with van der Waals surface area (Å²) < 4.78 is 63.9. The minimum absolute atomic E-state index is 0.0798. The van der Waals surface area contributed by atoms with Crippen LogP contribution in [0.25, 0.3) is 0 Å². The van der Waals surface area contributed by atoms with Crippen LogP contribution in [0.15, 0.2) is 58.3 Å². The molecular weight excluding hydrogens is 494 g/mol. The maximum absolute atomic E-state index is 12.7. The molecule has 35 heavy (non-hydrogen) atoms. The number of carbonyl (C=O) groups excluding carboxylic acids is 1. The number of sulfonamides is 2. The van der Waals surface area contributed by atoms with Crippen molar-refractivity contribution in [2.75, 3.05) is 40.0 Å². The number of carbonyl (C=O) groups is 1. The number of nitrogens with zero attached hydrogens (tertiary/aromatic N) is 1. The Kier molecular flexibility index (Phi) is 9.63. The Balaban J connectivity index is 1.46. The highest BCUT2D eigenvalue weighted by molar-refractivity contribution is 7.89. The van der Waals surface area contributed by atoms with Gasteiger partial charge in [-0.25, -0.2) is 21.6 Å². The number of rotatable bonds is 12. The lowest BCUT2D eigenvalue weighted by Crippen LogP contribution is -2.35. The van der Waals surface area contributed by atoms with Crippen molar-refractivity contribution in [2.24, 2.45) is 0 Å². The number of piperidine rings is 1. The molecule has 0 spiro atoms. The Labute approximate surface area is 206 Å². The Morgan fingerprint density at radius 3 is 2.17 bits per heavy atom. The molecule has 10 nitrogen and oxygen atoms in total. The molecule has 0 saturated carbocycles. The summed E-state index contributed by atoms with van der Waals surface area (Å²) in [6.07, 6.45) is 2.80. The van der Waals surface area contributed by atoms with Gasteiger partial charge in [-0.2, -0.15) is 4.31 Å². The first kappa shape index (κ1) is 27.1. The highest BCUT2D eigenvalue weighted by Gasteiger charge is 2.25. The van der Waals surface area contributed by atoms with E-state index in [9.17, 15) is 21.6 Å². The molecule has 2 N–H and O–H groups in total. The number of hydrogen-bond donors (Lipinski definition) is 2. The van der Waals surface area contributed by atoms with Crippen LogP contribution in [0.4, 0.5) is 0 Å². The first-order valence-corrected chi connectivity index (χ1v) is 14.2. The number of benzene rings is 2. The van der Waals surface area contributed by atoms with Gasteiger partial charge in [0.1, 0.15) is 5.75 Å². The van der Waals surface area contributed by atoms with E-state index in [1.165, 1.54) is 35.7 Å². The molecule has 12 heteroatoms. The van der Waals surface area contributed by atoms with E-state index in [1.54, 1.807) is 24.3 Å². The fourth-order valence-corrected chi connectivity index (χ4v) is 6.04. The standard InChI is InChI=1S/C23H31N3O7S2/c1-32-16-13-25-34(28,29)21-11-7-20(8-12-21)33-18-23(27)24-17-19-5-9-22(10-6-19)35(30,31)26-14-3-2-4-15-26/h5-12,25H,2-4,13-18H2,1H3,(H,24,27). The van der Waals surface area contributed by atoms with Crippen LogP contribution in [0.2, 0.25) is 0 Å². The maximum atomic E-state index is 12.7. The molecule has 0 bridgehead atoms. The maximum Gasteiger partial charge on any atom is 0.258 e. The SMILES string of the molecule is COCCNS(=O)(=O)c1ccc(OCC(=O)NCc2ccc(S(=O)(=O)N3CCCCC3)cc2)cc1. The van der Waals surface area contributed by atoms with Gasteiger partial charge in [-0.05, 0) is 54.8 Å². The van der Waals surface area contributed by atoms with Crippen molar-refractivity contribution in [2.45, 2.75) is 35.6 Å². The summed E-state index contributed by atoms with van der Waals surface area (Å²) in [7, 11) is -5.65. The van der Waals surface area contributed by atoms with Gasteiger partial charge in [0, 0.05) is 33.3 Å². The molecule has 0 atom stereocenters. The Bertz CT molecular complexity index is 1180. The lowest BCUT2D eigenvalue weighted by Gasteiger charge is -2.25. The molecule has 1 amide bonds. The van der Waals surface area contributed by atoms with Crippen molar-refractivity contribution in [3.8, 4) is 5.75 Å². The van der Waals surface area contributed by atoms with E-state index in [-0.39, 0.29) is 42.0 Å². The average molecular weight is 526 g/mol. The molecule has 2 aromatic carbocycles. The van der Waals surface area contributed by atoms with Crippen LogP contribution in [0.5, 0.6) is 5.75 Å². The Hall–Kier alpha value is -2.51. The summed E-state index contributed by atoms with van der Waals surface area (Å²) in [6.45, 7) is 1.48. The molecular formula is C23H31N3O7S2. The van der Waals surface area contributed by atoms with Gasteiger partial charge in [-0.3, -0.25) is 4.79 Å². The second-order valence-corrected chi connectivity index (χ2v) is 11.7. The summed E-state index contributed by atoms with van der Waals surface area (Å²) in [4.78, 5) is 12.5. The quantitative estimate of drug-likeness (QED) is 0.401. The third-order valence-electron chi connectivity index (χ3n) is 5.47. The van der Waals surface area contributed by atoms with E-state index in [4.69, 9.17) is 9.47 Å². The lowest BCUT2D eigenvalue weighted by molar-refractivity contribution is -0.123. The van der Waals surface area contributed by atoms with Crippen LogP contribution in [-0.2, 0) is 36.1 Å². The molecule has 0 radical (unpaired) electrons. The Morgan fingerprint density at radius 1 is 0.914 bits per heavy atom. The van der Waals surface area contributed by atoms with E-state index in [1.807, 2.05) is 0 Å². The highest BCUT2D eigenvalue weighted by Crippen LogP contribution is 2.21. The zero-order valence-electron chi connectivity index (χ0n) is 19.6. The molecule has 1 aliphatic heterocycles. The zero-order chi connectivity index (χ0) is 25.3. The average Bonchev–Trinajstić information content (AvgIpc) is 2.87. The molecule has 3 rings (SSSR count). The van der Waals surface area contributed by atoms with Crippen LogP contribution in [-0.4, -0.2) is 67.0 Å². The minimum atomic E-state index is -3.64. The highest BCUT2D eigenvalue weighted by atomic mass is 32.2. The normalized spacial score (nSPS) is 15.0. The van der Waals surface area contributed by atoms with Gasteiger partial charge in [0.2, 0.25) is 20.0 Å². The summed E-state index contributed by atoms with van der Waals surface area (Å²) in [5.41, 5.74) is 0.756. The molecule has 1 fully saturated rings. The zero-order valence-corrected chi connectivity index (χ0v) is 21.2.